The number of hydrogen-bond donors (Lipinski definition) is 1. The summed E-state index contributed by atoms with van der Waals surface area (Å²) in [5.41, 5.74) is 0.747. The standard InChI is InChI=1S/C14H18BrN3O/c1-10(2)8-16-5-6-18-9-17-13-4-3-11(15)7-12(13)14(18)19/h3-4,7,9-10,16H,5-6,8H2,1-2H3. The summed E-state index contributed by atoms with van der Waals surface area (Å²) in [6.07, 6.45) is 1.62. The SMILES string of the molecule is CC(C)CNCCn1cnc2ccc(Br)cc2c1=O. The Morgan fingerprint density at radius 2 is 2.21 bits per heavy atom. The zero-order valence-electron chi connectivity index (χ0n) is 11.2. The molecular weight excluding hydrogens is 306 g/mol. The van der Waals surface area contributed by atoms with Crippen LogP contribution >= 0.6 is 15.9 Å². The summed E-state index contributed by atoms with van der Waals surface area (Å²) in [5, 5.41) is 3.98. The Hall–Kier alpha value is -1.20. The number of rotatable bonds is 5. The maximum absolute atomic E-state index is 12.3. The topological polar surface area (TPSA) is 46.9 Å². The van der Waals surface area contributed by atoms with Gasteiger partial charge in [-0.3, -0.25) is 9.36 Å². The summed E-state index contributed by atoms with van der Waals surface area (Å²) in [4.78, 5) is 16.6. The summed E-state index contributed by atoms with van der Waals surface area (Å²) in [6, 6.07) is 5.56. The molecule has 0 aliphatic heterocycles. The number of benzene rings is 1. The Balaban J connectivity index is 2.16. The molecule has 1 N–H and O–H groups in total. The fraction of sp³-hybridized carbons (Fsp3) is 0.429. The first-order valence-corrected chi connectivity index (χ1v) is 7.22. The number of aromatic nitrogens is 2. The average molecular weight is 324 g/mol. The van der Waals surface area contributed by atoms with Gasteiger partial charge in [0, 0.05) is 17.6 Å². The van der Waals surface area contributed by atoms with Crippen molar-refractivity contribution < 1.29 is 0 Å². The van der Waals surface area contributed by atoms with Crippen LogP contribution < -0.4 is 10.9 Å². The molecule has 0 fully saturated rings. The predicted molar refractivity (Wildman–Crippen MR) is 81.4 cm³/mol. The minimum absolute atomic E-state index is 0.0117. The molecule has 1 aromatic heterocycles. The van der Waals surface area contributed by atoms with Crippen LogP contribution in [0, 0.1) is 5.92 Å². The first kappa shape index (κ1) is 14.2. The molecular formula is C14H18BrN3O. The van der Waals surface area contributed by atoms with Gasteiger partial charge in [0.15, 0.2) is 0 Å². The predicted octanol–water partition coefficient (Wildman–Crippen LogP) is 2.40. The Labute approximate surface area is 121 Å². The van der Waals surface area contributed by atoms with Crippen molar-refractivity contribution in [1.82, 2.24) is 14.9 Å². The summed E-state index contributed by atoms with van der Waals surface area (Å²) >= 11 is 3.38. The van der Waals surface area contributed by atoms with E-state index in [-0.39, 0.29) is 5.56 Å². The van der Waals surface area contributed by atoms with E-state index in [2.05, 4.69) is 40.1 Å². The minimum atomic E-state index is 0.0117. The molecule has 5 heteroatoms. The molecule has 0 bridgehead atoms. The van der Waals surface area contributed by atoms with E-state index in [9.17, 15) is 4.79 Å². The van der Waals surface area contributed by atoms with Crippen molar-refractivity contribution in [3.63, 3.8) is 0 Å². The second-order valence-corrected chi connectivity index (χ2v) is 5.92. The van der Waals surface area contributed by atoms with Crippen LogP contribution in [0.25, 0.3) is 10.9 Å². The quantitative estimate of drug-likeness (QED) is 0.859. The van der Waals surface area contributed by atoms with E-state index < -0.39 is 0 Å². The normalized spacial score (nSPS) is 11.4. The Kier molecular flexibility index (Phi) is 4.71. The molecule has 0 saturated heterocycles. The van der Waals surface area contributed by atoms with E-state index in [4.69, 9.17) is 0 Å². The van der Waals surface area contributed by atoms with Crippen LogP contribution in [0.5, 0.6) is 0 Å². The molecule has 0 aliphatic carbocycles. The van der Waals surface area contributed by atoms with Gasteiger partial charge in [0.25, 0.3) is 5.56 Å². The van der Waals surface area contributed by atoms with Crippen molar-refractivity contribution >= 4 is 26.8 Å². The van der Waals surface area contributed by atoms with Crippen LogP contribution in [0.1, 0.15) is 13.8 Å². The summed E-state index contributed by atoms with van der Waals surface area (Å²) < 4.78 is 2.55. The molecule has 4 nitrogen and oxygen atoms in total. The van der Waals surface area contributed by atoms with Crippen molar-refractivity contribution in [2.24, 2.45) is 5.92 Å². The van der Waals surface area contributed by atoms with Crippen LogP contribution in [-0.2, 0) is 6.54 Å². The number of halogens is 1. The van der Waals surface area contributed by atoms with E-state index in [0.29, 0.717) is 17.8 Å². The molecule has 0 atom stereocenters. The van der Waals surface area contributed by atoms with Gasteiger partial charge in [-0.25, -0.2) is 4.98 Å². The molecule has 0 saturated carbocycles. The number of nitrogens with zero attached hydrogens (tertiary/aromatic N) is 2. The third-order valence-corrected chi connectivity index (χ3v) is 3.36. The lowest BCUT2D eigenvalue weighted by Crippen LogP contribution is -2.29. The van der Waals surface area contributed by atoms with Gasteiger partial charge in [-0.2, -0.15) is 0 Å². The first-order valence-electron chi connectivity index (χ1n) is 6.43. The highest BCUT2D eigenvalue weighted by Crippen LogP contribution is 2.14. The Morgan fingerprint density at radius 1 is 1.42 bits per heavy atom. The first-order chi connectivity index (χ1) is 9.08. The maximum atomic E-state index is 12.3. The lowest BCUT2D eigenvalue weighted by Gasteiger charge is -2.09. The molecule has 0 spiro atoms. The molecule has 0 amide bonds. The van der Waals surface area contributed by atoms with Crippen molar-refractivity contribution in [2.75, 3.05) is 13.1 Å². The second kappa shape index (κ2) is 6.30. The number of hydrogen-bond acceptors (Lipinski definition) is 3. The Bertz CT molecular complexity index is 622. The molecule has 19 heavy (non-hydrogen) atoms. The van der Waals surface area contributed by atoms with E-state index in [1.54, 1.807) is 10.9 Å². The fourth-order valence-corrected chi connectivity index (χ4v) is 2.24. The third kappa shape index (κ3) is 3.64. The van der Waals surface area contributed by atoms with Crippen molar-refractivity contribution in [3.05, 3.63) is 39.4 Å². The van der Waals surface area contributed by atoms with Crippen molar-refractivity contribution in [2.45, 2.75) is 20.4 Å². The van der Waals surface area contributed by atoms with Crippen LogP contribution in [0.15, 0.2) is 33.8 Å². The molecule has 102 valence electrons. The molecule has 2 aromatic rings. The summed E-state index contributed by atoms with van der Waals surface area (Å²) in [6.45, 7) is 6.70. The molecule has 0 aliphatic rings. The van der Waals surface area contributed by atoms with Gasteiger partial charge < -0.3 is 5.32 Å². The minimum Gasteiger partial charge on any atom is -0.315 e. The van der Waals surface area contributed by atoms with E-state index in [0.717, 1.165) is 23.1 Å². The monoisotopic (exact) mass is 323 g/mol. The highest BCUT2D eigenvalue weighted by atomic mass is 79.9. The lowest BCUT2D eigenvalue weighted by molar-refractivity contribution is 0.519. The maximum Gasteiger partial charge on any atom is 0.261 e. The molecule has 1 heterocycles. The number of nitrogens with one attached hydrogen (secondary N) is 1. The smallest absolute Gasteiger partial charge is 0.261 e. The van der Waals surface area contributed by atoms with Gasteiger partial charge >= 0.3 is 0 Å². The largest absolute Gasteiger partial charge is 0.315 e. The zero-order valence-corrected chi connectivity index (χ0v) is 12.8. The lowest BCUT2D eigenvalue weighted by atomic mass is 10.2. The molecule has 0 unspecified atom stereocenters. The van der Waals surface area contributed by atoms with Crippen LogP contribution in [0.2, 0.25) is 0 Å². The zero-order chi connectivity index (χ0) is 13.8. The highest BCUT2D eigenvalue weighted by molar-refractivity contribution is 9.10. The van der Waals surface area contributed by atoms with Gasteiger partial charge in [-0.05, 0) is 30.7 Å². The molecule has 0 radical (unpaired) electrons. The molecule has 1 aromatic carbocycles. The van der Waals surface area contributed by atoms with Crippen molar-refractivity contribution in [3.8, 4) is 0 Å². The van der Waals surface area contributed by atoms with Crippen LogP contribution in [0.4, 0.5) is 0 Å². The van der Waals surface area contributed by atoms with Gasteiger partial charge in [-0.1, -0.05) is 29.8 Å². The highest BCUT2D eigenvalue weighted by Gasteiger charge is 2.04. The van der Waals surface area contributed by atoms with Gasteiger partial charge in [0.2, 0.25) is 0 Å². The summed E-state index contributed by atoms with van der Waals surface area (Å²) in [5.74, 6) is 0.613. The third-order valence-electron chi connectivity index (χ3n) is 2.87. The van der Waals surface area contributed by atoms with Crippen molar-refractivity contribution in [1.29, 1.82) is 0 Å². The average Bonchev–Trinajstić information content (AvgIpc) is 2.37. The van der Waals surface area contributed by atoms with E-state index >= 15 is 0 Å². The van der Waals surface area contributed by atoms with Gasteiger partial charge in [0.05, 0.1) is 17.2 Å². The van der Waals surface area contributed by atoms with Gasteiger partial charge in [0.1, 0.15) is 0 Å². The molecule has 2 rings (SSSR count). The van der Waals surface area contributed by atoms with E-state index in [1.165, 1.54) is 0 Å². The van der Waals surface area contributed by atoms with E-state index in [1.807, 2.05) is 18.2 Å². The summed E-state index contributed by atoms with van der Waals surface area (Å²) in [7, 11) is 0. The van der Waals surface area contributed by atoms with Crippen LogP contribution in [0.3, 0.4) is 0 Å². The van der Waals surface area contributed by atoms with Crippen LogP contribution in [-0.4, -0.2) is 22.6 Å². The fourth-order valence-electron chi connectivity index (χ4n) is 1.88. The Morgan fingerprint density at radius 3 is 2.95 bits per heavy atom. The van der Waals surface area contributed by atoms with Gasteiger partial charge in [-0.15, -0.1) is 0 Å². The number of fused-ring (bicyclic) bond motifs is 1. The second-order valence-electron chi connectivity index (χ2n) is 5.00.